The number of carboxylic acids is 1. The van der Waals surface area contributed by atoms with Crippen LogP contribution in [0.3, 0.4) is 0 Å². The number of nitrogens with two attached hydrogens (primary N) is 3. The van der Waals surface area contributed by atoms with Crippen molar-refractivity contribution in [3.05, 3.63) is 0 Å². The molecule has 0 saturated carbocycles. The van der Waals surface area contributed by atoms with Crippen LogP contribution >= 0.6 is 0 Å². The van der Waals surface area contributed by atoms with E-state index in [0.717, 1.165) is 0 Å². The Morgan fingerprint density at radius 2 is 1.24 bits per heavy atom. The molecule has 0 saturated heterocycles. The summed E-state index contributed by atoms with van der Waals surface area (Å²) in [6.07, 6.45) is -1.27. The summed E-state index contributed by atoms with van der Waals surface area (Å²) in [4.78, 5) is 93.3. The van der Waals surface area contributed by atoms with Gasteiger partial charge in [-0.3, -0.25) is 33.6 Å². The summed E-state index contributed by atoms with van der Waals surface area (Å²) < 4.78 is 0. The fraction of sp³-hybridized carbons (Fsp3) is 0.579. The SMILES string of the molecule is NC(=O)CCC(NC(=O)C(N)CO)C(=O)NCC(=O)NCC(=O)NC(CO)C(=O)NC(CC(N)=O)C(=O)O. The molecule has 19 nitrogen and oxygen atoms in total. The molecule has 0 aliphatic carbocycles. The second-order valence-electron chi connectivity index (χ2n) is 7.72. The average Bonchev–Trinajstić information content (AvgIpc) is 2.85. The fourth-order valence-electron chi connectivity index (χ4n) is 2.56. The molecule has 38 heavy (non-hydrogen) atoms. The second-order valence-corrected chi connectivity index (χ2v) is 7.72. The minimum absolute atomic E-state index is 0.234. The van der Waals surface area contributed by atoms with Crippen molar-refractivity contribution in [1.29, 1.82) is 0 Å². The topological polar surface area (TPSA) is 335 Å². The van der Waals surface area contributed by atoms with E-state index in [4.69, 9.17) is 27.4 Å². The van der Waals surface area contributed by atoms with Crippen LogP contribution in [0.25, 0.3) is 0 Å². The van der Waals surface area contributed by atoms with E-state index in [0.29, 0.717) is 0 Å². The number of aliphatic carboxylic acids is 1. The monoisotopic (exact) mass is 548 g/mol. The van der Waals surface area contributed by atoms with E-state index in [1.807, 2.05) is 10.6 Å². The summed E-state index contributed by atoms with van der Waals surface area (Å²) in [7, 11) is 0. The van der Waals surface area contributed by atoms with Crippen LogP contribution in [-0.2, 0) is 38.4 Å². The van der Waals surface area contributed by atoms with E-state index < -0.39 is 104 Å². The number of amides is 7. The Morgan fingerprint density at radius 3 is 1.74 bits per heavy atom. The third kappa shape index (κ3) is 13.7. The lowest BCUT2D eigenvalue weighted by atomic mass is 10.1. The van der Waals surface area contributed by atoms with Crippen molar-refractivity contribution in [3.8, 4) is 0 Å². The largest absolute Gasteiger partial charge is 0.480 e. The lowest BCUT2D eigenvalue weighted by Gasteiger charge is -2.20. The molecule has 0 aliphatic rings. The lowest BCUT2D eigenvalue weighted by Crippen LogP contribution is -2.55. The van der Waals surface area contributed by atoms with Crippen molar-refractivity contribution >= 4 is 47.3 Å². The number of aliphatic hydroxyl groups is 2. The summed E-state index contributed by atoms with van der Waals surface area (Å²) in [6.45, 7) is -3.08. The van der Waals surface area contributed by atoms with Gasteiger partial charge in [-0.05, 0) is 6.42 Å². The number of carboxylic acid groups (broad SMARTS) is 1. The zero-order valence-electron chi connectivity index (χ0n) is 20.1. The van der Waals surface area contributed by atoms with Crippen LogP contribution < -0.4 is 43.8 Å². The minimum atomic E-state index is -1.70. The summed E-state index contributed by atoms with van der Waals surface area (Å²) in [5, 5.41) is 37.7. The molecule has 214 valence electrons. The predicted molar refractivity (Wildman–Crippen MR) is 124 cm³/mol. The predicted octanol–water partition coefficient (Wildman–Crippen LogP) is -7.79. The van der Waals surface area contributed by atoms with Gasteiger partial charge >= 0.3 is 5.97 Å². The van der Waals surface area contributed by atoms with Gasteiger partial charge in [0.2, 0.25) is 41.4 Å². The Morgan fingerprint density at radius 1 is 0.658 bits per heavy atom. The van der Waals surface area contributed by atoms with Gasteiger partial charge in [0, 0.05) is 6.42 Å². The van der Waals surface area contributed by atoms with Crippen molar-refractivity contribution in [1.82, 2.24) is 26.6 Å². The molecule has 19 heteroatoms. The second kappa shape index (κ2) is 17.2. The van der Waals surface area contributed by atoms with Gasteiger partial charge in [-0.2, -0.15) is 0 Å². The number of carbonyl (C=O) groups is 8. The van der Waals surface area contributed by atoms with Crippen LogP contribution in [0.1, 0.15) is 19.3 Å². The van der Waals surface area contributed by atoms with Gasteiger partial charge in [0.15, 0.2) is 0 Å². The van der Waals surface area contributed by atoms with Gasteiger partial charge in [0.05, 0.1) is 32.7 Å². The Labute approximate surface area is 215 Å². The maximum atomic E-state index is 12.3. The summed E-state index contributed by atoms with van der Waals surface area (Å²) in [6, 6.07) is -6.00. The van der Waals surface area contributed by atoms with Crippen molar-refractivity contribution in [3.63, 3.8) is 0 Å². The van der Waals surface area contributed by atoms with Crippen LogP contribution in [0.4, 0.5) is 0 Å². The van der Waals surface area contributed by atoms with Crippen LogP contribution in [0.2, 0.25) is 0 Å². The molecular formula is C19H32N8O11. The molecule has 0 aromatic carbocycles. The van der Waals surface area contributed by atoms with Crippen molar-refractivity contribution in [2.24, 2.45) is 17.2 Å². The first kappa shape index (κ1) is 33.6. The van der Waals surface area contributed by atoms with Crippen molar-refractivity contribution < 1.29 is 53.7 Å². The Hall–Kier alpha value is -4.36. The van der Waals surface area contributed by atoms with Gasteiger partial charge in [0.25, 0.3) is 0 Å². The van der Waals surface area contributed by atoms with Crippen LogP contribution in [0, 0.1) is 0 Å². The zero-order chi connectivity index (χ0) is 29.4. The van der Waals surface area contributed by atoms with E-state index >= 15 is 0 Å². The highest BCUT2D eigenvalue weighted by Crippen LogP contribution is 1.99. The Kier molecular flexibility index (Phi) is 15.2. The maximum absolute atomic E-state index is 12.3. The number of rotatable bonds is 18. The summed E-state index contributed by atoms with van der Waals surface area (Å²) in [5.74, 6) is -8.18. The molecule has 0 radical (unpaired) electrons. The number of nitrogens with one attached hydrogen (secondary N) is 5. The molecule has 4 atom stereocenters. The third-order valence-corrected chi connectivity index (χ3v) is 4.57. The molecule has 4 unspecified atom stereocenters. The van der Waals surface area contributed by atoms with Crippen LogP contribution in [0.15, 0.2) is 0 Å². The smallest absolute Gasteiger partial charge is 0.326 e. The zero-order valence-corrected chi connectivity index (χ0v) is 20.1. The number of primary amides is 2. The molecule has 0 bridgehead atoms. The fourth-order valence-corrected chi connectivity index (χ4v) is 2.56. The molecule has 0 spiro atoms. The molecule has 7 amide bonds. The standard InChI is InChI=1S/C19H32N8O11/c20-8(6-28)16(34)26-9(1-2-12(21)30)17(35)24-4-14(32)23-5-15(33)25-11(7-29)18(36)27-10(19(37)38)3-13(22)31/h8-11,28-29H,1-7,20H2,(H2,21,30)(H2,22,31)(H,23,32)(H,24,35)(H,25,33)(H,26,34)(H,27,36)(H,37,38). The Balaban J connectivity index is 4.81. The molecule has 0 aromatic rings. The molecule has 14 N–H and O–H groups in total. The van der Waals surface area contributed by atoms with Gasteiger partial charge in [-0.25, -0.2) is 4.79 Å². The van der Waals surface area contributed by atoms with E-state index in [-0.39, 0.29) is 12.8 Å². The third-order valence-electron chi connectivity index (χ3n) is 4.57. The molecule has 0 aromatic heterocycles. The van der Waals surface area contributed by atoms with E-state index in [1.165, 1.54) is 0 Å². The number of carbonyl (C=O) groups excluding carboxylic acids is 7. The van der Waals surface area contributed by atoms with Crippen LogP contribution in [-0.4, -0.2) is 113 Å². The Bertz CT molecular complexity index is 913. The number of hydrogen-bond donors (Lipinski definition) is 11. The number of aliphatic hydroxyl groups excluding tert-OH is 2. The van der Waals surface area contributed by atoms with Gasteiger partial charge in [-0.1, -0.05) is 0 Å². The van der Waals surface area contributed by atoms with Crippen molar-refractivity contribution in [2.45, 2.75) is 43.4 Å². The van der Waals surface area contributed by atoms with E-state index in [2.05, 4.69) is 16.0 Å². The first-order chi connectivity index (χ1) is 17.7. The maximum Gasteiger partial charge on any atom is 0.326 e. The minimum Gasteiger partial charge on any atom is -0.480 e. The molecule has 0 aliphatic heterocycles. The highest BCUT2D eigenvalue weighted by atomic mass is 16.4. The van der Waals surface area contributed by atoms with E-state index in [1.54, 1.807) is 0 Å². The summed E-state index contributed by atoms with van der Waals surface area (Å²) >= 11 is 0. The molecule has 0 heterocycles. The highest BCUT2D eigenvalue weighted by Gasteiger charge is 2.28. The van der Waals surface area contributed by atoms with Gasteiger partial charge in [0.1, 0.15) is 24.2 Å². The van der Waals surface area contributed by atoms with Gasteiger partial charge in [-0.15, -0.1) is 0 Å². The molecular weight excluding hydrogens is 516 g/mol. The first-order valence-corrected chi connectivity index (χ1v) is 10.9. The lowest BCUT2D eigenvalue weighted by molar-refractivity contribution is -0.144. The normalized spacial score (nSPS) is 13.6. The quantitative estimate of drug-likeness (QED) is 0.0760. The molecule has 0 fully saturated rings. The molecule has 0 rings (SSSR count). The van der Waals surface area contributed by atoms with Crippen LogP contribution in [0.5, 0.6) is 0 Å². The summed E-state index contributed by atoms with van der Waals surface area (Å²) in [5.41, 5.74) is 15.3. The van der Waals surface area contributed by atoms with Crippen molar-refractivity contribution in [2.75, 3.05) is 26.3 Å². The first-order valence-electron chi connectivity index (χ1n) is 10.9. The number of hydrogen-bond acceptors (Lipinski definition) is 11. The van der Waals surface area contributed by atoms with E-state index in [9.17, 15) is 43.5 Å². The highest BCUT2D eigenvalue weighted by molar-refractivity contribution is 5.95. The average molecular weight is 549 g/mol. The van der Waals surface area contributed by atoms with Gasteiger partial charge < -0.3 is 59.1 Å².